The van der Waals surface area contributed by atoms with Gasteiger partial charge in [0.05, 0.1) is 0 Å². The maximum Gasteiger partial charge on any atom is 0.226 e. The highest BCUT2D eigenvalue weighted by Crippen LogP contribution is 2.33. The molecule has 0 amide bonds. The van der Waals surface area contributed by atoms with E-state index in [1.54, 1.807) is 0 Å². The van der Waals surface area contributed by atoms with Crippen molar-refractivity contribution in [3.05, 3.63) is 11.7 Å². The van der Waals surface area contributed by atoms with E-state index in [0.717, 1.165) is 45.1 Å². The fourth-order valence-electron chi connectivity index (χ4n) is 2.64. The van der Waals surface area contributed by atoms with Crippen molar-refractivity contribution in [1.82, 2.24) is 10.1 Å². The largest absolute Gasteiger partial charge is 0.367 e. The number of hydrogen-bond acceptors (Lipinski definition) is 5. The van der Waals surface area contributed by atoms with Crippen molar-refractivity contribution in [2.24, 2.45) is 11.1 Å². The van der Waals surface area contributed by atoms with Gasteiger partial charge >= 0.3 is 0 Å². The summed E-state index contributed by atoms with van der Waals surface area (Å²) in [5.41, 5.74) is 5.48. The zero-order valence-corrected chi connectivity index (χ0v) is 12.9. The first-order chi connectivity index (χ1) is 9.45. The van der Waals surface area contributed by atoms with E-state index in [0.29, 0.717) is 18.3 Å². The van der Waals surface area contributed by atoms with Crippen molar-refractivity contribution >= 4 is 0 Å². The third-order valence-corrected chi connectivity index (χ3v) is 4.25. The van der Waals surface area contributed by atoms with Crippen molar-refractivity contribution in [2.45, 2.75) is 64.9 Å². The van der Waals surface area contributed by atoms with Gasteiger partial charge in [-0.25, -0.2) is 0 Å². The molecule has 1 aromatic rings. The van der Waals surface area contributed by atoms with Crippen LogP contribution in [0.2, 0.25) is 0 Å². The molecule has 1 aliphatic rings. The van der Waals surface area contributed by atoms with Crippen molar-refractivity contribution in [3.63, 3.8) is 0 Å². The monoisotopic (exact) mass is 281 g/mol. The second-order valence-electron chi connectivity index (χ2n) is 6.75. The van der Waals surface area contributed by atoms with Crippen LogP contribution in [0.4, 0.5) is 0 Å². The molecule has 1 atom stereocenters. The van der Waals surface area contributed by atoms with Gasteiger partial charge in [0.2, 0.25) is 11.7 Å². The molecule has 0 bridgehead atoms. The lowest BCUT2D eigenvalue weighted by Gasteiger charge is -2.30. The predicted molar refractivity (Wildman–Crippen MR) is 77.2 cm³/mol. The summed E-state index contributed by atoms with van der Waals surface area (Å²) in [5, 5.41) is 4.12. The van der Waals surface area contributed by atoms with Crippen molar-refractivity contribution in [1.29, 1.82) is 0 Å². The highest BCUT2D eigenvalue weighted by atomic mass is 16.5. The Kier molecular flexibility index (Phi) is 4.81. The predicted octanol–water partition coefficient (Wildman–Crippen LogP) is 2.79. The van der Waals surface area contributed by atoms with E-state index in [9.17, 15) is 0 Å². The summed E-state index contributed by atoms with van der Waals surface area (Å²) in [5.74, 6) is 1.41. The Morgan fingerprint density at radius 1 is 1.30 bits per heavy atom. The maximum absolute atomic E-state index is 5.85. The second-order valence-corrected chi connectivity index (χ2v) is 6.75. The molecular weight excluding hydrogens is 254 g/mol. The SMILES string of the molecule is CC(C)(CCN)CCc1nc(C2(C)CCCCO2)no1. The van der Waals surface area contributed by atoms with Crippen LogP contribution in [0.1, 0.15) is 64.6 Å². The van der Waals surface area contributed by atoms with Crippen molar-refractivity contribution < 1.29 is 9.26 Å². The summed E-state index contributed by atoms with van der Waals surface area (Å²) < 4.78 is 11.2. The Morgan fingerprint density at radius 2 is 2.10 bits per heavy atom. The molecule has 5 heteroatoms. The van der Waals surface area contributed by atoms with Gasteiger partial charge in [-0.2, -0.15) is 4.98 Å². The Bertz CT molecular complexity index is 423. The zero-order chi connectivity index (χ0) is 14.6. The zero-order valence-electron chi connectivity index (χ0n) is 12.9. The van der Waals surface area contributed by atoms with Crippen LogP contribution in [0.15, 0.2) is 4.52 Å². The van der Waals surface area contributed by atoms with Crippen LogP contribution in [0.5, 0.6) is 0 Å². The van der Waals surface area contributed by atoms with E-state index in [1.165, 1.54) is 0 Å². The fourth-order valence-corrected chi connectivity index (χ4v) is 2.64. The first-order valence-electron chi connectivity index (χ1n) is 7.62. The molecule has 0 spiro atoms. The molecular formula is C15H27N3O2. The summed E-state index contributed by atoms with van der Waals surface area (Å²) in [7, 11) is 0. The minimum atomic E-state index is -0.368. The van der Waals surface area contributed by atoms with Crippen LogP contribution < -0.4 is 5.73 Å². The lowest BCUT2D eigenvalue weighted by molar-refractivity contribution is -0.0770. The number of aryl methyl sites for hydroxylation is 1. The fraction of sp³-hybridized carbons (Fsp3) is 0.867. The number of ether oxygens (including phenoxy) is 1. The topological polar surface area (TPSA) is 74.2 Å². The van der Waals surface area contributed by atoms with Gasteiger partial charge in [-0.15, -0.1) is 0 Å². The van der Waals surface area contributed by atoms with Gasteiger partial charge in [-0.05, 0) is 51.0 Å². The molecule has 1 fully saturated rings. The molecule has 2 rings (SSSR count). The van der Waals surface area contributed by atoms with Gasteiger partial charge in [0, 0.05) is 13.0 Å². The van der Waals surface area contributed by atoms with Crippen LogP contribution in [-0.4, -0.2) is 23.3 Å². The summed E-state index contributed by atoms with van der Waals surface area (Å²) in [6, 6.07) is 0. The lowest BCUT2D eigenvalue weighted by Crippen LogP contribution is -2.31. The van der Waals surface area contributed by atoms with Crippen LogP contribution in [0.3, 0.4) is 0 Å². The molecule has 1 saturated heterocycles. The van der Waals surface area contributed by atoms with Gasteiger partial charge in [0.1, 0.15) is 5.60 Å². The minimum absolute atomic E-state index is 0.217. The number of nitrogens with two attached hydrogens (primary N) is 1. The molecule has 1 aromatic heterocycles. The average molecular weight is 281 g/mol. The third kappa shape index (κ3) is 3.79. The summed E-state index contributed by atoms with van der Waals surface area (Å²) >= 11 is 0. The third-order valence-electron chi connectivity index (χ3n) is 4.25. The maximum atomic E-state index is 5.85. The smallest absolute Gasteiger partial charge is 0.226 e. The van der Waals surface area contributed by atoms with Crippen LogP contribution >= 0.6 is 0 Å². The van der Waals surface area contributed by atoms with Gasteiger partial charge < -0.3 is 15.0 Å². The number of hydrogen-bond donors (Lipinski definition) is 1. The normalized spacial score (nSPS) is 24.0. The van der Waals surface area contributed by atoms with Crippen molar-refractivity contribution in [3.8, 4) is 0 Å². The molecule has 2 N–H and O–H groups in total. The highest BCUT2D eigenvalue weighted by molar-refractivity contribution is 5.01. The Balaban J connectivity index is 1.95. The molecule has 0 saturated carbocycles. The number of rotatable bonds is 6. The molecule has 20 heavy (non-hydrogen) atoms. The number of nitrogens with zero attached hydrogens (tertiary/aromatic N) is 2. The van der Waals surface area contributed by atoms with Crippen LogP contribution in [-0.2, 0) is 16.8 Å². The minimum Gasteiger partial charge on any atom is -0.367 e. The first-order valence-corrected chi connectivity index (χ1v) is 7.62. The van der Waals surface area contributed by atoms with Crippen molar-refractivity contribution in [2.75, 3.05) is 13.2 Å². The second kappa shape index (κ2) is 6.22. The van der Waals surface area contributed by atoms with E-state index < -0.39 is 0 Å². The summed E-state index contributed by atoms with van der Waals surface area (Å²) in [6.07, 6.45) is 6.05. The first kappa shape index (κ1) is 15.4. The number of aromatic nitrogens is 2. The van der Waals surface area contributed by atoms with E-state index in [1.807, 2.05) is 0 Å². The summed E-state index contributed by atoms with van der Waals surface area (Å²) in [4.78, 5) is 4.53. The molecule has 0 aromatic carbocycles. The van der Waals surface area contributed by atoms with E-state index in [-0.39, 0.29) is 11.0 Å². The molecule has 114 valence electrons. The van der Waals surface area contributed by atoms with Gasteiger partial charge in [0.25, 0.3) is 0 Å². The molecule has 5 nitrogen and oxygen atoms in total. The quantitative estimate of drug-likeness (QED) is 0.868. The van der Waals surface area contributed by atoms with E-state index in [4.69, 9.17) is 15.0 Å². The van der Waals surface area contributed by atoms with Gasteiger partial charge in [-0.1, -0.05) is 19.0 Å². The van der Waals surface area contributed by atoms with Gasteiger partial charge in [0.15, 0.2) is 0 Å². The van der Waals surface area contributed by atoms with E-state index in [2.05, 4.69) is 30.9 Å². The molecule has 1 unspecified atom stereocenters. The average Bonchev–Trinajstić information content (AvgIpc) is 2.87. The summed E-state index contributed by atoms with van der Waals surface area (Å²) in [6.45, 7) is 8.00. The molecule has 2 heterocycles. The van der Waals surface area contributed by atoms with Gasteiger partial charge in [-0.3, -0.25) is 0 Å². The van der Waals surface area contributed by atoms with Crippen LogP contribution in [0.25, 0.3) is 0 Å². The standard InChI is InChI=1S/C15H27N3O2/c1-14(2,9-10-16)8-6-12-17-13(18-20-12)15(3)7-4-5-11-19-15/h4-11,16H2,1-3H3. The molecule has 0 aliphatic carbocycles. The van der Waals surface area contributed by atoms with E-state index >= 15 is 0 Å². The Labute approximate surface area is 121 Å². The Morgan fingerprint density at radius 3 is 2.75 bits per heavy atom. The Hall–Kier alpha value is -0.940. The molecule has 1 aliphatic heterocycles. The van der Waals surface area contributed by atoms with Crippen LogP contribution in [0, 0.1) is 5.41 Å². The highest BCUT2D eigenvalue weighted by Gasteiger charge is 2.35. The molecule has 0 radical (unpaired) electrons. The lowest BCUT2D eigenvalue weighted by atomic mass is 9.84.